The first-order valence-corrected chi connectivity index (χ1v) is 22.2. The van der Waals surface area contributed by atoms with E-state index in [2.05, 4.69) is 73.5 Å². The van der Waals surface area contributed by atoms with Crippen molar-refractivity contribution in [3.63, 3.8) is 0 Å². The molecular formula is C50H54N12O4. The number of pyridine rings is 3. The Morgan fingerprint density at radius 2 is 1.00 bits per heavy atom. The molecule has 0 unspecified atom stereocenters. The average Bonchev–Trinajstić information content (AvgIpc) is 3.87. The van der Waals surface area contributed by atoms with Crippen molar-refractivity contribution in [2.75, 3.05) is 24.3 Å². The zero-order valence-corrected chi connectivity index (χ0v) is 37.4. The van der Waals surface area contributed by atoms with Gasteiger partial charge in [-0.05, 0) is 114 Å². The highest BCUT2D eigenvalue weighted by atomic mass is 16.5. The maximum Gasteiger partial charge on any atom is 0.184 e. The molecule has 6 heterocycles. The van der Waals surface area contributed by atoms with Gasteiger partial charge in [0, 0.05) is 34.3 Å². The largest absolute Gasteiger partial charge is 0.508 e. The molecule has 3 aromatic carbocycles. The molecule has 0 bridgehead atoms. The highest BCUT2D eigenvalue weighted by Crippen LogP contribution is 2.43. The number of nitrogens with zero attached hydrogens (tertiary/aromatic N) is 6. The fourth-order valence-corrected chi connectivity index (χ4v) is 8.65. The summed E-state index contributed by atoms with van der Waals surface area (Å²) in [4.78, 5) is 13.9. The second-order valence-electron chi connectivity index (χ2n) is 18.1. The molecule has 11 rings (SSSR count). The van der Waals surface area contributed by atoms with E-state index in [1.807, 2.05) is 36.4 Å². The summed E-state index contributed by atoms with van der Waals surface area (Å²) in [7, 11) is 1.52. The molecule has 0 radical (unpaired) electrons. The molecule has 16 nitrogen and oxygen atoms in total. The zero-order chi connectivity index (χ0) is 46.3. The van der Waals surface area contributed by atoms with Gasteiger partial charge in [-0.15, -0.1) is 0 Å². The molecule has 2 fully saturated rings. The molecule has 0 saturated heterocycles. The van der Waals surface area contributed by atoms with E-state index in [4.69, 9.17) is 26.9 Å². The smallest absolute Gasteiger partial charge is 0.184 e. The Labute approximate surface area is 380 Å². The van der Waals surface area contributed by atoms with Crippen LogP contribution in [0.5, 0.6) is 23.0 Å². The van der Waals surface area contributed by atoms with Gasteiger partial charge >= 0.3 is 0 Å². The topological polar surface area (TPSA) is 273 Å². The van der Waals surface area contributed by atoms with Gasteiger partial charge in [0.05, 0.1) is 23.3 Å². The number of hydrogen-bond acceptors (Lipinski definition) is 13. The van der Waals surface area contributed by atoms with Crippen LogP contribution in [0, 0.1) is 0 Å². The van der Waals surface area contributed by atoms with Gasteiger partial charge in [-0.1, -0.05) is 70.4 Å². The Morgan fingerprint density at radius 1 is 0.545 bits per heavy atom. The standard InChI is InChI=1S/C18H20N4O.C17H20N4O2.C15H14N4O/c19-17-16-14(12-7-4-8-13(23)9-12)10-15(20-18(16)22-21-17)11-5-2-1-3-6-11;1-17(2,3)13-8-10(14-15(18)20-21-16(14)19-13)9-5-6-12(23-4)11(22)7-9;16-14-13-11(9-2-1-3-10(20)6-9)7-12(8-4-5-8)17-15(13)19-18-14/h4,7-11,23H,1-3,5-6H2,(H3,19,20,21,22);5-8,22H,1-4H3,(H3,18,19,20,21);1-3,6-8,20H,4-5H2,(H3,16,17,18,19). The number of ether oxygens (including phenoxy) is 1. The van der Waals surface area contributed by atoms with Gasteiger partial charge < -0.3 is 37.3 Å². The normalized spacial score (nSPS) is 14.2. The lowest BCUT2D eigenvalue weighted by molar-refractivity contribution is 0.373. The van der Waals surface area contributed by atoms with E-state index in [1.165, 1.54) is 52.1 Å². The maximum absolute atomic E-state index is 10.1. The number of phenolic OH excluding ortho intramolecular Hbond substituents is 3. The van der Waals surface area contributed by atoms with Crippen LogP contribution in [0.1, 0.15) is 94.6 Å². The first-order chi connectivity index (χ1) is 31.7. The van der Waals surface area contributed by atoms with Crippen LogP contribution in [0.4, 0.5) is 17.5 Å². The number of rotatable bonds is 6. The SMILES string of the molecule is COc1ccc(-c2cc(C(C)(C)C)nc3n[nH]c(N)c23)cc1O.Nc1[nH]nc2nc(C3CC3)cc(-c3cccc(O)c3)c12.Nc1[nH]nc2nc(C3CCCCC3)cc(-c3cccc(O)c3)c12. The van der Waals surface area contributed by atoms with E-state index in [-0.39, 0.29) is 22.7 Å². The predicted molar refractivity (Wildman–Crippen MR) is 259 cm³/mol. The zero-order valence-electron chi connectivity index (χ0n) is 37.4. The van der Waals surface area contributed by atoms with Gasteiger partial charge in [-0.3, -0.25) is 15.3 Å². The van der Waals surface area contributed by atoms with Crippen LogP contribution in [-0.4, -0.2) is 68.0 Å². The quantitative estimate of drug-likeness (QED) is 0.0753. The van der Waals surface area contributed by atoms with Crippen molar-refractivity contribution in [3.05, 3.63) is 102 Å². The molecule has 2 aliphatic rings. The molecule has 66 heavy (non-hydrogen) atoms. The summed E-state index contributed by atoms with van der Waals surface area (Å²) in [5.74, 6) is 3.49. The summed E-state index contributed by atoms with van der Waals surface area (Å²) in [6.07, 6.45) is 8.54. The summed E-state index contributed by atoms with van der Waals surface area (Å²) in [5, 5.41) is 53.0. The van der Waals surface area contributed by atoms with E-state index in [0.717, 1.165) is 66.6 Å². The van der Waals surface area contributed by atoms with Gasteiger partial charge in [0.15, 0.2) is 28.4 Å². The third-order valence-corrected chi connectivity index (χ3v) is 12.3. The Morgan fingerprint density at radius 3 is 1.44 bits per heavy atom. The van der Waals surface area contributed by atoms with Crippen LogP contribution >= 0.6 is 0 Å². The lowest BCUT2D eigenvalue weighted by Gasteiger charge is -2.21. The molecule has 2 aliphatic carbocycles. The summed E-state index contributed by atoms with van der Waals surface area (Å²) < 4.78 is 5.10. The minimum atomic E-state index is -0.134. The highest BCUT2D eigenvalue weighted by molar-refractivity contribution is 6.02. The van der Waals surface area contributed by atoms with Crippen molar-refractivity contribution in [2.45, 2.75) is 83.0 Å². The van der Waals surface area contributed by atoms with Crippen molar-refractivity contribution < 1.29 is 20.1 Å². The number of phenols is 3. The van der Waals surface area contributed by atoms with Crippen molar-refractivity contribution in [3.8, 4) is 56.4 Å². The van der Waals surface area contributed by atoms with Crippen LogP contribution in [0.3, 0.4) is 0 Å². The number of fused-ring (bicyclic) bond motifs is 3. The Bertz CT molecular complexity index is 3210. The molecule has 6 aromatic heterocycles. The molecule has 338 valence electrons. The fraction of sp³-hybridized carbons (Fsp3) is 0.280. The number of benzene rings is 3. The molecule has 9 aromatic rings. The molecule has 0 aliphatic heterocycles. The van der Waals surface area contributed by atoms with Crippen LogP contribution in [-0.2, 0) is 5.41 Å². The van der Waals surface area contributed by atoms with Crippen LogP contribution in [0.25, 0.3) is 66.5 Å². The number of aromatic nitrogens is 9. The minimum Gasteiger partial charge on any atom is -0.508 e. The number of aromatic hydroxyl groups is 3. The second kappa shape index (κ2) is 17.6. The van der Waals surface area contributed by atoms with E-state index < -0.39 is 0 Å². The van der Waals surface area contributed by atoms with Crippen LogP contribution in [0.2, 0.25) is 0 Å². The number of hydrogen-bond donors (Lipinski definition) is 9. The molecule has 12 N–H and O–H groups in total. The summed E-state index contributed by atoms with van der Waals surface area (Å²) >= 11 is 0. The van der Waals surface area contributed by atoms with Gasteiger partial charge in [-0.2, -0.15) is 15.3 Å². The van der Waals surface area contributed by atoms with E-state index in [1.54, 1.807) is 36.4 Å². The van der Waals surface area contributed by atoms with Gasteiger partial charge in [0.1, 0.15) is 29.0 Å². The predicted octanol–water partition coefficient (Wildman–Crippen LogP) is 9.97. The van der Waals surface area contributed by atoms with Crippen molar-refractivity contribution in [2.24, 2.45) is 0 Å². The van der Waals surface area contributed by atoms with Gasteiger partial charge in [0.25, 0.3) is 0 Å². The minimum absolute atomic E-state index is 0.0781. The van der Waals surface area contributed by atoms with Gasteiger partial charge in [-0.25, -0.2) is 15.0 Å². The molecule has 0 amide bonds. The highest BCUT2D eigenvalue weighted by Gasteiger charge is 2.28. The Balaban J connectivity index is 0.000000125. The second-order valence-corrected chi connectivity index (χ2v) is 18.1. The summed E-state index contributed by atoms with van der Waals surface area (Å²) in [6, 6.07) is 25.9. The number of nitrogens with two attached hydrogens (primary N) is 3. The Kier molecular flexibility index (Phi) is 11.6. The molecular weight excluding hydrogens is 833 g/mol. The number of nitrogen functional groups attached to an aromatic ring is 3. The average molecular weight is 887 g/mol. The van der Waals surface area contributed by atoms with Gasteiger partial charge in [0.2, 0.25) is 0 Å². The summed E-state index contributed by atoms with van der Waals surface area (Å²) in [5.41, 5.74) is 28.4. The Hall–Kier alpha value is -7.88. The number of H-pyrrole nitrogens is 3. The first kappa shape index (κ1) is 43.4. The molecule has 2 saturated carbocycles. The molecule has 16 heteroatoms. The number of methoxy groups -OCH3 is 1. The number of aromatic amines is 3. The number of nitrogens with one attached hydrogen (secondary N) is 3. The van der Waals surface area contributed by atoms with Crippen molar-refractivity contribution in [1.82, 2.24) is 45.5 Å². The van der Waals surface area contributed by atoms with Crippen LogP contribution < -0.4 is 21.9 Å². The van der Waals surface area contributed by atoms with Crippen LogP contribution in [0.15, 0.2) is 84.9 Å². The van der Waals surface area contributed by atoms with Crippen molar-refractivity contribution in [1.29, 1.82) is 0 Å². The lowest BCUT2D eigenvalue weighted by Crippen LogP contribution is -2.13. The number of anilines is 3. The monoisotopic (exact) mass is 886 g/mol. The third-order valence-electron chi connectivity index (χ3n) is 12.3. The van der Waals surface area contributed by atoms with Crippen molar-refractivity contribution >= 4 is 50.6 Å². The molecule has 0 spiro atoms. The fourth-order valence-electron chi connectivity index (χ4n) is 8.65. The molecule has 0 atom stereocenters. The lowest BCUT2D eigenvalue weighted by atomic mass is 9.85. The maximum atomic E-state index is 10.1. The van der Waals surface area contributed by atoms with E-state index in [0.29, 0.717) is 52.0 Å². The van der Waals surface area contributed by atoms with E-state index in [9.17, 15) is 15.3 Å². The summed E-state index contributed by atoms with van der Waals surface area (Å²) in [6.45, 7) is 6.27. The third kappa shape index (κ3) is 8.81. The van der Waals surface area contributed by atoms with E-state index >= 15 is 0 Å². The first-order valence-electron chi connectivity index (χ1n) is 22.2.